The summed E-state index contributed by atoms with van der Waals surface area (Å²) in [5.74, 6) is -2.99. The largest absolute Gasteiger partial charge is 0.456 e. The van der Waals surface area contributed by atoms with E-state index in [-0.39, 0.29) is 100.0 Å². The molecule has 30 nitrogen and oxygen atoms in total. The van der Waals surface area contributed by atoms with E-state index < -0.39 is 58.4 Å². The van der Waals surface area contributed by atoms with Crippen molar-refractivity contribution >= 4 is 110 Å². The molecule has 1 aliphatic rings. The van der Waals surface area contributed by atoms with Crippen LogP contribution in [0.15, 0.2) is 243 Å². The highest BCUT2D eigenvalue weighted by Gasteiger charge is 2.27. The minimum absolute atomic E-state index is 0.00467. The number of fused-ring (bicyclic) bond motifs is 1. The molecule has 12 rings (SSSR count). The number of aromatic nitrogens is 5. The maximum atomic E-state index is 13.1. The summed E-state index contributed by atoms with van der Waals surface area (Å²) in [6, 6.07) is 61.3. The molecule has 0 saturated carbocycles. The molecular weight excluding hydrogens is 1420 g/mol. The molecular formula is C75H60ClN13O17S. The van der Waals surface area contributed by atoms with Crippen molar-refractivity contribution in [2.45, 2.75) is 19.1 Å². The van der Waals surface area contributed by atoms with E-state index in [1.54, 1.807) is 140 Å². The van der Waals surface area contributed by atoms with Gasteiger partial charge in [-0.1, -0.05) is 150 Å². The number of ether oxygens (including phenoxy) is 3. The molecule has 0 spiro atoms. The van der Waals surface area contributed by atoms with Crippen molar-refractivity contribution in [2.75, 3.05) is 50.1 Å². The molecule has 0 atom stereocenters. The standard InChI is InChI=1S/C31H26N2O5.C23H17ClN2O7.C21H17N9O5S/c34-28(23-11-4-1-5-12-23)20-32-33(21-29(35)24-13-6-2-7-14-24)27-18-10-17-26(19-27)31(37)38-22-30(36)25-15-8-3-9-16-25;24-17-8-11-21(19(12-17)26(30)31)33-18-9-6-15(7-10-18)20(27)14-32-22(28)13-25-23(29)16-4-2-1-3-5-16;1-11(16-6-7-18(34-16)30(32)33)23-9-15(31)19-14(29(28-25-19)21-20(22)26-35-27-21)10-36-17-8-12-4-2-3-5-13(12)24-17/h1-19,32H,20-22H2;1-12H,13-14H2,(H,25,29);2-7H,8-10H2,1H3,(H2,22,26). The Hall–Kier alpha value is -13.8. The minimum Gasteiger partial charge on any atom is -0.456 e. The van der Waals surface area contributed by atoms with Crippen molar-refractivity contribution in [1.29, 1.82) is 0 Å². The van der Waals surface area contributed by atoms with E-state index in [2.05, 4.69) is 46.0 Å². The Balaban J connectivity index is 0.000000172. The molecule has 0 unspecified atom stereocenters. The smallest absolute Gasteiger partial charge is 0.433 e. The van der Waals surface area contributed by atoms with E-state index in [0.717, 1.165) is 16.3 Å². The number of carbonyl (C=O) groups excluding carboxylic acids is 8. The fourth-order valence-electron chi connectivity index (χ4n) is 9.85. The van der Waals surface area contributed by atoms with Gasteiger partial charge < -0.3 is 34.7 Å². The molecule has 540 valence electrons. The van der Waals surface area contributed by atoms with Gasteiger partial charge in [0.05, 0.1) is 57.5 Å². The number of halogens is 1. The predicted molar refractivity (Wildman–Crippen MR) is 392 cm³/mol. The lowest BCUT2D eigenvalue weighted by Gasteiger charge is -2.25. The highest BCUT2D eigenvalue weighted by molar-refractivity contribution is 8.13. The van der Waals surface area contributed by atoms with Crippen molar-refractivity contribution in [1.82, 2.24) is 36.0 Å². The molecule has 1 amide bonds. The number of aliphatic imine (C=N–C) groups is 2. The van der Waals surface area contributed by atoms with Gasteiger partial charge >= 0.3 is 23.5 Å². The minimum atomic E-state index is -0.761. The van der Waals surface area contributed by atoms with Gasteiger partial charge in [0, 0.05) is 51.1 Å². The van der Waals surface area contributed by atoms with Crippen LogP contribution in [0, 0.1) is 20.2 Å². The number of amides is 1. The number of carbonyl (C=O) groups is 8. The monoisotopic (exact) mass is 1480 g/mol. The Labute approximate surface area is 616 Å². The van der Waals surface area contributed by atoms with Gasteiger partial charge in [-0.2, -0.15) is 4.68 Å². The number of benzene rings is 8. The van der Waals surface area contributed by atoms with Crippen LogP contribution in [0.3, 0.4) is 0 Å². The average Bonchev–Trinajstić information content (AvgIpc) is 1.67. The van der Waals surface area contributed by atoms with Crippen LogP contribution in [0.1, 0.15) is 96.6 Å². The van der Waals surface area contributed by atoms with Crippen molar-refractivity contribution < 1.29 is 71.5 Å². The summed E-state index contributed by atoms with van der Waals surface area (Å²) in [5, 5.41) is 42.4. The lowest BCUT2D eigenvalue weighted by Crippen LogP contribution is -2.44. The number of ketones is 5. The fraction of sp³-hybridized carbons (Fsp3) is 0.120. The van der Waals surface area contributed by atoms with E-state index in [0.29, 0.717) is 51.5 Å². The van der Waals surface area contributed by atoms with Crippen LogP contribution in [0.2, 0.25) is 5.02 Å². The topological polar surface area (TPSA) is 411 Å². The SMILES string of the molecule is CC(=NCC(=O)c1nnn(-c2nonc2N)c1CSC1=Nc2ccccc2C1)c1ccc([N+](=O)[O-])o1.O=C(CNC(=O)c1ccccc1)OCC(=O)c1ccc(Oc2ccc(Cl)cc2[N+](=O)[O-])cc1.O=C(CNN(CC(=O)c1ccccc1)c1cccc(C(=O)OCC(=O)c2ccccc2)c1)c1ccccc1. The van der Waals surface area contributed by atoms with Gasteiger partial charge in [-0.25, -0.2) is 19.8 Å². The molecule has 11 aromatic rings. The highest BCUT2D eigenvalue weighted by atomic mass is 35.5. The molecule has 8 aromatic carbocycles. The number of thioether (sulfide) groups is 1. The lowest BCUT2D eigenvalue weighted by molar-refractivity contribution is -0.402. The van der Waals surface area contributed by atoms with Gasteiger partial charge in [-0.3, -0.25) is 58.8 Å². The zero-order valence-electron chi connectivity index (χ0n) is 56.3. The second kappa shape index (κ2) is 36.9. The number of para-hydroxylation sites is 1. The van der Waals surface area contributed by atoms with Crippen LogP contribution in [-0.2, 0) is 26.4 Å². The molecule has 3 aromatic heterocycles. The number of hydrogen-bond donors (Lipinski definition) is 3. The third-order valence-corrected chi connectivity index (χ3v) is 16.6. The van der Waals surface area contributed by atoms with Gasteiger partial charge in [0.2, 0.25) is 23.2 Å². The number of nitrogens with two attached hydrogens (primary N) is 1. The molecule has 0 radical (unpaired) electrons. The van der Waals surface area contributed by atoms with Crippen LogP contribution in [0.5, 0.6) is 11.5 Å². The van der Waals surface area contributed by atoms with Crippen molar-refractivity contribution in [3.8, 4) is 17.3 Å². The number of esters is 2. The third kappa shape index (κ3) is 21.2. The predicted octanol–water partition coefficient (Wildman–Crippen LogP) is 11.9. The van der Waals surface area contributed by atoms with Gasteiger partial charge in [0.1, 0.15) is 23.8 Å². The number of furan rings is 1. The first-order valence-corrected chi connectivity index (χ1v) is 33.5. The van der Waals surface area contributed by atoms with E-state index >= 15 is 0 Å². The average molecular weight is 1480 g/mol. The molecule has 4 heterocycles. The van der Waals surface area contributed by atoms with Crippen molar-refractivity contribution in [3.05, 3.63) is 306 Å². The summed E-state index contributed by atoms with van der Waals surface area (Å²) in [6.07, 6.45) is 0.679. The number of nitrogens with zero attached hydrogens (tertiary/aromatic N) is 10. The first-order chi connectivity index (χ1) is 51.7. The van der Waals surface area contributed by atoms with Crippen LogP contribution >= 0.6 is 23.4 Å². The van der Waals surface area contributed by atoms with E-state index in [1.807, 2.05) is 36.4 Å². The zero-order chi connectivity index (χ0) is 75.8. The normalized spacial score (nSPS) is 11.2. The fourth-order valence-corrected chi connectivity index (χ4v) is 11.0. The number of nitro groups is 2. The molecule has 0 aliphatic carbocycles. The highest BCUT2D eigenvalue weighted by Crippen LogP contribution is 2.35. The Morgan fingerprint density at radius 2 is 1.25 bits per heavy atom. The maximum absolute atomic E-state index is 13.1. The summed E-state index contributed by atoms with van der Waals surface area (Å²) in [6.45, 7) is -0.135. The van der Waals surface area contributed by atoms with Crippen LogP contribution < -0.4 is 26.2 Å². The summed E-state index contributed by atoms with van der Waals surface area (Å²) in [7, 11) is 0. The Kier molecular flexibility index (Phi) is 26.2. The summed E-state index contributed by atoms with van der Waals surface area (Å²) in [5.41, 5.74) is 14.3. The number of hydrogen-bond acceptors (Lipinski definition) is 27. The Morgan fingerprint density at radius 3 is 1.88 bits per heavy atom. The third-order valence-electron chi connectivity index (χ3n) is 15.3. The van der Waals surface area contributed by atoms with Crippen LogP contribution in [0.4, 0.5) is 28.8 Å². The van der Waals surface area contributed by atoms with E-state index in [1.165, 1.54) is 76.0 Å². The molecule has 4 N–H and O–H groups in total. The van der Waals surface area contributed by atoms with Gasteiger partial charge in [-0.15, -0.1) is 16.9 Å². The van der Waals surface area contributed by atoms with Crippen LogP contribution in [0.25, 0.3) is 5.82 Å². The second-order valence-corrected chi connectivity index (χ2v) is 24.1. The zero-order valence-corrected chi connectivity index (χ0v) is 57.9. The molecule has 0 bridgehead atoms. The Morgan fingerprint density at radius 1 is 0.645 bits per heavy atom. The number of Topliss-reactive ketones (excluding diaryl/α,β-unsaturated/α-hetero) is 5. The molecule has 0 saturated heterocycles. The first kappa shape index (κ1) is 75.9. The number of anilines is 2. The number of rotatable bonds is 29. The van der Waals surface area contributed by atoms with Gasteiger partial charge in [0.25, 0.3) is 5.91 Å². The molecule has 0 fully saturated rings. The number of nitrogen functional groups attached to an aromatic ring is 1. The molecule has 32 heteroatoms. The van der Waals surface area contributed by atoms with Crippen LogP contribution in [-0.4, -0.2) is 132 Å². The number of hydrazine groups is 1. The summed E-state index contributed by atoms with van der Waals surface area (Å²) in [4.78, 5) is 129. The summed E-state index contributed by atoms with van der Waals surface area (Å²) >= 11 is 7.22. The Bertz CT molecular complexity index is 5140. The molecule has 107 heavy (non-hydrogen) atoms. The van der Waals surface area contributed by atoms with Gasteiger partial charge in [-0.05, 0) is 102 Å². The van der Waals surface area contributed by atoms with Gasteiger partial charge in [0.15, 0.2) is 47.8 Å². The lowest BCUT2D eigenvalue weighted by atomic mass is 10.1. The van der Waals surface area contributed by atoms with E-state index in [9.17, 15) is 58.6 Å². The number of nitro benzene ring substituents is 1. The first-order valence-electron chi connectivity index (χ1n) is 32.1. The second-order valence-electron chi connectivity index (χ2n) is 22.6. The van der Waals surface area contributed by atoms with Crippen molar-refractivity contribution in [2.24, 2.45) is 9.98 Å². The number of nitrogens with one attached hydrogen (secondary N) is 2. The maximum Gasteiger partial charge on any atom is 0.433 e. The van der Waals surface area contributed by atoms with E-state index in [4.69, 9.17) is 36.0 Å². The molecule has 1 aliphatic heterocycles. The van der Waals surface area contributed by atoms with Crippen molar-refractivity contribution in [3.63, 3.8) is 0 Å². The quantitative estimate of drug-likeness (QED) is 0.0129. The summed E-state index contributed by atoms with van der Waals surface area (Å²) < 4.78 is 26.8.